The number of hydrogen-bond acceptors (Lipinski definition) is 1. The molecular weight excluding hydrogens is 232 g/mol. The van der Waals surface area contributed by atoms with Gasteiger partial charge in [-0.2, -0.15) is 0 Å². The fraction of sp³-hybridized carbons (Fsp3) is 0.611. The zero-order chi connectivity index (χ0) is 14.3. The van der Waals surface area contributed by atoms with Crippen LogP contribution in [-0.2, 0) is 0 Å². The van der Waals surface area contributed by atoms with Crippen LogP contribution in [0.5, 0.6) is 0 Å². The molecular formula is C18H26O. The minimum Gasteiger partial charge on any atom is -0.295 e. The summed E-state index contributed by atoms with van der Waals surface area (Å²) in [5.74, 6) is 0.774. The normalized spacial score (nSPS) is 22.2. The Balaban J connectivity index is 2.23. The van der Waals surface area contributed by atoms with E-state index in [0.717, 1.165) is 5.56 Å². The topological polar surface area (TPSA) is 17.1 Å². The third-order valence-electron chi connectivity index (χ3n) is 4.34. The molecule has 1 fully saturated rings. The monoisotopic (exact) mass is 258 g/mol. The van der Waals surface area contributed by atoms with Crippen LogP contribution in [0.1, 0.15) is 75.7 Å². The van der Waals surface area contributed by atoms with Crippen LogP contribution >= 0.6 is 0 Å². The van der Waals surface area contributed by atoms with Gasteiger partial charge in [-0.1, -0.05) is 52.0 Å². The molecule has 1 aromatic rings. The van der Waals surface area contributed by atoms with Gasteiger partial charge in [0.15, 0.2) is 5.78 Å². The molecule has 1 aliphatic carbocycles. The van der Waals surface area contributed by atoms with Crippen molar-refractivity contribution in [2.75, 3.05) is 0 Å². The second-order valence-electron chi connectivity index (χ2n) is 7.79. The Morgan fingerprint density at radius 3 is 1.89 bits per heavy atom. The second kappa shape index (κ2) is 4.77. The molecule has 0 spiro atoms. The zero-order valence-electron chi connectivity index (χ0n) is 12.9. The number of rotatable bonds is 2. The van der Waals surface area contributed by atoms with Crippen molar-refractivity contribution in [1.29, 1.82) is 0 Å². The van der Waals surface area contributed by atoms with Crippen LogP contribution in [0.25, 0.3) is 0 Å². The Morgan fingerprint density at radius 1 is 1.00 bits per heavy atom. The Bertz CT molecular complexity index is 449. The molecule has 104 valence electrons. The zero-order valence-corrected chi connectivity index (χ0v) is 12.9. The van der Waals surface area contributed by atoms with Crippen molar-refractivity contribution < 1.29 is 4.79 Å². The number of carbonyl (C=O) groups is 1. The summed E-state index contributed by atoms with van der Waals surface area (Å²) in [6.07, 6.45) is 3.79. The minimum atomic E-state index is 0.149. The van der Waals surface area contributed by atoms with Gasteiger partial charge in [-0.05, 0) is 48.5 Å². The van der Waals surface area contributed by atoms with Gasteiger partial charge in [-0.15, -0.1) is 0 Å². The summed E-state index contributed by atoms with van der Waals surface area (Å²) in [4.78, 5) is 11.3. The molecule has 0 aliphatic heterocycles. The van der Waals surface area contributed by atoms with Gasteiger partial charge in [0.1, 0.15) is 0 Å². The molecule has 0 aromatic heterocycles. The van der Waals surface area contributed by atoms with E-state index in [4.69, 9.17) is 0 Å². The van der Waals surface area contributed by atoms with Crippen LogP contribution in [0.2, 0.25) is 0 Å². The summed E-state index contributed by atoms with van der Waals surface area (Å²) in [5.41, 5.74) is 3.03. The molecule has 0 bridgehead atoms. The van der Waals surface area contributed by atoms with E-state index in [-0.39, 0.29) is 5.78 Å². The van der Waals surface area contributed by atoms with Gasteiger partial charge in [0.25, 0.3) is 0 Å². The number of hydrogen-bond donors (Lipinski definition) is 0. The molecule has 19 heavy (non-hydrogen) atoms. The molecule has 0 unspecified atom stereocenters. The standard InChI is InChI=1S/C18H26O/c1-13(19)14-6-8-15(9-7-14)16-10-17(2,3)12-18(4,5)11-16/h6-9,16H,10-12H2,1-5H3. The highest BCUT2D eigenvalue weighted by Gasteiger charge is 2.38. The van der Waals surface area contributed by atoms with E-state index in [2.05, 4.69) is 39.8 Å². The van der Waals surface area contributed by atoms with E-state index in [9.17, 15) is 4.79 Å². The van der Waals surface area contributed by atoms with Crippen LogP contribution in [0.15, 0.2) is 24.3 Å². The third kappa shape index (κ3) is 3.46. The Kier molecular flexibility index (Phi) is 3.59. The van der Waals surface area contributed by atoms with Crippen LogP contribution in [0, 0.1) is 10.8 Å². The first kappa shape index (κ1) is 14.3. The SMILES string of the molecule is CC(=O)c1ccc(C2CC(C)(C)CC(C)(C)C2)cc1. The molecule has 0 N–H and O–H groups in total. The summed E-state index contributed by atoms with van der Waals surface area (Å²) in [6.45, 7) is 11.1. The molecule has 0 saturated heterocycles. The van der Waals surface area contributed by atoms with Crippen LogP contribution in [0.3, 0.4) is 0 Å². The highest BCUT2D eigenvalue weighted by molar-refractivity contribution is 5.94. The average molecular weight is 258 g/mol. The first-order valence-electron chi connectivity index (χ1n) is 7.29. The fourth-order valence-corrected chi connectivity index (χ4v) is 4.07. The highest BCUT2D eigenvalue weighted by Crippen LogP contribution is 2.51. The Hall–Kier alpha value is -1.11. The van der Waals surface area contributed by atoms with E-state index in [1.807, 2.05) is 12.1 Å². The third-order valence-corrected chi connectivity index (χ3v) is 4.34. The van der Waals surface area contributed by atoms with Crippen molar-refractivity contribution in [2.24, 2.45) is 10.8 Å². The van der Waals surface area contributed by atoms with Crippen molar-refractivity contribution in [1.82, 2.24) is 0 Å². The highest BCUT2D eigenvalue weighted by atomic mass is 16.1. The van der Waals surface area contributed by atoms with Gasteiger partial charge in [-0.25, -0.2) is 0 Å². The fourth-order valence-electron chi connectivity index (χ4n) is 4.07. The van der Waals surface area contributed by atoms with Crippen LogP contribution < -0.4 is 0 Å². The maximum atomic E-state index is 11.3. The van der Waals surface area contributed by atoms with E-state index in [1.165, 1.54) is 24.8 Å². The minimum absolute atomic E-state index is 0.149. The molecule has 0 heterocycles. The smallest absolute Gasteiger partial charge is 0.159 e. The summed E-state index contributed by atoms with van der Waals surface area (Å²) in [7, 11) is 0. The van der Waals surface area contributed by atoms with Gasteiger partial charge in [0.05, 0.1) is 0 Å². The molecule has 1 heteroatoms. The largest absolute Gasteiger partial charge is 0.295 e. The lowest BCUT2D eigenvalue weighted by Crippen LogP contribution is -2.32. The molecule has 1 saturated carbocycles. The van der Waals surface area contributed by atoms with Crippen LogP contribution in [-0.4, -0.2) is 5.78 Å². The lowest BCUT2D eigenvalue weighted by molar-refractivity contribution is 0.0966. The van der Waals surface area contributed by atoms with Gasteiger partial charge < -0.3 is 0 Å². The quantitative estimate of drug-likeness (QED) is 0.665. The van der Waals surface area contributed by atoms with E-state index >= 15 is 0 Å². The van der Waals surface area contributed by atoms with Crippen molar-refractivity contribution in [3.05, 3.63) is 35.4 Å². The number of Topliss-reactive ketones (excluding diaryl/α,β-unsaturated/α-hetero) is 1. The molecule has 0 radical (unpaired) electrons. The summed E-state index contributed by atoms with van der Waals surface area (Å²) in [6, 6.07) is 8.26. The predicted molar refractivity (Wildman–Crippen MR) is 80.6 cm³/mol. The first-order valence-corrected chi connectivity index (χ1v) is 7.29. The number of ketones is 1. The maximum Gasteiger partial charge on any atom is 0.159 e. The van der Waals surface area contributed by atoms with Gasteiger partial charge in [-0.3, -0.25) is 4.79 Å². The van der Waals surface area contributed by atoms with Gasteiger partial charge in [0.2, 0.25) is 0 Å². The van der Waals surface area contributed by atoms with Crippen molar-refractivity contribution in [3.63, 3.8) is 0 Å². The molecule has 0 atom stereocenters. The van der Waals surface area contributed by atoms with Crippen LogP contribution in [0.4, 0.5) is 0 Å². The number of benzene rings is 1. The van der Waals surface area contributed by atoms with E-state index in [0.29, 0.717) is 16.7 Å². The predicted octanol–water partition coefficient (Wildman–Crippen LogP) is 5.21. The molecule has 0 amide bonds. The average Bonchev–Trinajstić information content (AvgIpc) is 2.25. The second-order valence-corrected chi connectivity index (χ2v) is 7.79. The van der Waals surface area contributed by atoms with E-state index in [1.54, 1.807) is 6.92 Å². The molecule has 2 rings (SSSR count). The first-order chi connectivity index (χ1) is 8.69. The van der Waals surface area contributed by atoms with Crippen molar-refractivity contribution in [2.45, 2.75) is 59.8 Å². The summed E-state index contributed by atoms with van der Waals surface area (Å²) < 4.78 is 0. The summed E-state index contributed by atoms with van der Waals surface area (Å²) in [5, 5.41) is 0. The Labute approximate surface area is 117 Å². The number of carbonyl (C=O) groups excluding carboxylic acids is 1. The lowest BCUT2D eigenvalue weighted by atomic mass is 9.60. The maximum absolute atomic E-state index is 11.3. The lowest BCUT2D eigenvalue weighted by Gasteiger charge is -2.45. The Morgan fingerprint density at radius 2 is 1.47 bits per heavy atom. The van der Waals surface area contributed by atoms with E-state index < -0.39 is 0 Å². The molecule has 1 aliphatic rings. The van der Waals surface area contributed by atoms with Gasteiger partial charge >= 0.3 is 0 Å². The molecule has 1 nitrogen and oxygen atoms in total. The molecule has 1 aromatic carbocycles. The summed E-state index contributed by atoms with van der Waals surface area (Å²) >= 11 is 0. The van der Waals surface area contributed by atoms with Gasteiger partial charge in [0, 0.05) is 5.56 Å². The van der Waals surface area contributed by atoms with Crippen molar-refractivity contribution >= 4 is 5.78 Å². The van der Waals surface area contributed by atoms with Crippen molar-refractivity contribution in [3.8, 4) is 0 Å².